The Labute approximate surface area is 307 Å². The fraction of sp³-hybridized carbons (Fsp3) is 0.0238. The summed E-state index contributed by atoms with van der Waals surface area (Å²) in [7, 11) is 0. The number of carbonyl (C=O) groups is 5. The van der Waals surface area contributed by atoms with Crippen LogP contribution >= 0.6 is 23.1 Å². The summed E-state index contributed by atoms with van der Waals surface area (Å²) < 4.78 is 0. The van der Waals surface area contributed by atoms with Crippen molar-refractivity contribution in [1.82, 2.24) is 5.32 Å². The second-order valence-electron chi connectivity index (χ2n) is 11.7. The molecule has 0 bridgehead atoms. The number of hydrogen-bond acceptors (Lipinski definition) is 7. The SMILES string of the molecule is O=C(Nc1ccc(SC(C(=O)Nc2cccc3c2C(=O)c2ccccc2C3=O)c2ccccc2)cc1)/C(=C/c1ccsc1)NC(=O)c1ccccc1. The van der Waals surface area contributed by atoms with Crippen molar-refractivity contribution < 1.29 is 24.0 Å². The molecule has 1 atom stereocenters. The predicted molar refractivity (Wildman–Crippen MR) is 205 cm³/mol. The van der Waals surface area contributed by atoms with E-state index in [0.29, 0.717) is 22.4 Å². The molecule has 7 rings (SSSR count). The molecule has 1 aromatic heterocycles. The van der Waals surface area contributed by atoms with Crippen molar-refractivity contribution in [2.45, 2.75) is 10.1 Å². The molecule has 3 amide bonds. The number of anilines is 2. The van der Waals surface area contributed by atoms with E-state index in [1.807, 2.05) is 53.2 Å². The smallest absolute Gasteiger partial charge is 0.272 e. The highest BCUT2D eigenvalue weighted by molar-refractivity contribution is 8.00. The molecule has 8 nitrogen and oxygen atoms in total. The molecule has 52 heavy (non-hydrogen) atoms. The number of benzene rings is 5. The first-order valence-electron chi connectivity index (χ1n) is 16.2. The molecule has 1 heterocycles. The lowest BCUT2D eigenvalue weighted by Gasteiger charge is -2.22. The molecule has 254 valence electrons. The van der Waals surface area contributed by atoms with Gasteiger partial charge in [-0.05, 0) is 76.5 Å². The fourth-order valence-corrected chi connectivity index (χ4v) is 7.41. The van der Waals surface area contributed by atoms with Gasteiger partial charge in [0, 0.05) is 32.8 Å². The molecule has 0 radical (unpaired) electrons. The third kappa shape index (κ3) is 7.39. The van der Waals surface area contributed by atoms with Crippen LogP contribution < -0.4 is 16.0 Å². The normalized spacial score (nSPS) is 12.7. The van der Waals surface area contributed by atoms with Gasteiger partial charge in [0.1, 0.15) is 10.9 Å². The Morgan fingerprint density at radius 2 is 1.31 bits per heavy atom. The molecule has 0 aliphatic heterocycles. The topological polar surface area (TPSA) is 121 Å². The summed E-state index contributed by atoms with van der Waals surface area (Å²) in [5.74, 6) is -1.88. The maximum absolute atomic E-state index is 14.0. The van der Waals surface area contributed by atoms with Gasteiger partial charge >= 0.3 is 0 Å². The van der Waals surface area contributed by atoms with Crippen LogP contribution in [0.2, 0.25) is 0 Å². The van der Waals surface area contributed by atoms with Crippen molar-refractivity contribution >= 4 is 69.8 Å². The summed E-state index contributed by atoms with van der Waals surface area (Å²) in [6, 6.07) is 38.3. The van der Waals surface area contributed by atoms with Crippen LogP contribution in [0, 0.1) is 0 Å². The molecule has 1 aliphatic rings. The van der Waals surface area contributed by atoms with Crippen molar-refractivity contribution in [3.05, 3.63) is 189 Å². The molecular weight excluding hydrogens is 691 g/mol. The highest BCUT2D eigenvalue weighted by Gasteiger charge is 2.32. The van der Waals surface area contributed by atoms with Gasteiger partial charge in [0.25, 0.3) is 11.8 Å². The summed E-state index contributed by atoms with van der Waals surface area (Å²) >= 11 is 2.77. The standard InChI is InChI=1S/C42H29N3O5S2/c46-37-31-14-7-8-15-32(31)38(47)36-33(37)16-9-17-34(36)44-42(50)39(27-10-3-1-4-11-27)52-30-20-18-29(19-21-30)43-41(49)35(24-26-22-23-51-25-26)45-40(48)28-12-5-2-6-13-28/h1-25,39H,(H,43,49)(H,44,50)(H,45,48)/b35-24-. The molecule has 3 N–H and O–H groups in total. The van der Waals surface area contributed by atoms with E-state index < -0.39 is 17.1 Å². The van der Waals surface area contributed by atoms with E-state index in [0.717, 1.165) is 16.0 Å². The van der Waals surface area contributed by atoms with Crippen molar-refractivity contribution in [3.8, 4) is 0 Å². The van der Waals surface area contributed by atoms with Crippen molar-refractivity contribution in [3.63, 3.8) is 0 Å². The molecule has 5 aromatic carbocycles. The van der Waals surface area contributed by atoms with Gasteiger partial charge in [-0.15, -0.1) is 11.8 Å². The second kappa shape index (κ2) is 15.3. The highest BCUT2D eigenvalue weighted by Crippen LogP contribution is 2.38. The Balaban J connectivity index is 1.09. The highest BCUT2D eigenvalue weighted by atomic mass is 32.2. The van der Waals surface area contributed by atoms with Crippen LogP contribution in [0.5, 0.6) is 0 Å². The first kappa shape index (κ1) is 34.1. The van der Waals surface area contributed by atoms with Gasteiger partial charge < -0.3 is 16.0 Å². The second-order valence-corrected chi connectivity index (χ2v) is 13.7. The van der Waals surface area contributed by atoms with E-state index in [4.69, 9.17) is 0 Å². The molecule has 10 heteroatoms. The van der Waals surface area contributed by atoms with E-state index >= 15 is 0 Å². The van der Waals surface area contributed by atoms with Gasteiger partial charge in [-0.25, -0.2) is 0 Å². The zero-order chi connectivity index (χ0) is 36.0. The van der Waals surface area contributed by atoms with Crippen molar-refractivity contribution in [1.29, 1.82) is 0 Å². The first-order chi connectivity index (χ1) is 25.4. The third-order valence-corrected chi connectivity index (χ3v) is 10.3. The molecule has 0 saturated heterocycles. The Bertz CT molecular complexity index is 2340. The average Bonchev–Trinajstić information content (AvgIpc) is 3.70. The number of fused-ring (bicyclic) bond motifs is 2. The zero-order valence-electron chi connectivity index (χ0n) is 27.4. The minimum atomic E-state index is -0.729. The number of amides is 3. The number of nitrogens with one attached hydrogen (secondary N) is 3. The van der Waals surface area contributed by atoms with Gasteiger partial charge in [-0.1, -0.05) is 84.9 Å². The summed E-state index contributed by atoms with van der Waals surface area (Å²) in [6.07, 6.45) is 1.62. The van der Waals surface area contributed by atoms with E-state index in [9.17, 15) is 24.0 Å². The molecule has 6 aromatic rings. The molecular formula is C42H29N3O5S2. The van der Waals surface area contributed by atoms with Crippen LogP contribution in [-0.4, -0.2) is 29.3 Å². The van der Waals surface area contributed by atoms with Gasteiger partial charge in [-0.3, -0.25) is 24.0 Å². The molecule has 0 fully saturated rings. The number of rotatable bonds is 10. The summed E-state index contributed by atoms with van der Waals surface area (Å²) in [5.41, 5.74) is 3.82. The maximum atomic E-state index is 14.0. The summed E-state index contributed by atoms with van der Waals surface area (Å²) in [4.78, 5) is 68.0. The monoisotopic (exact) mass is 719 g/mol. The van der Waals surface area contributed by atoms with Crippen LogP contribution in [0.1, 0.15) is 58.6 Å². The Morgan fingerprint density at radius 1 is 0.654 bits per heavy atom. The number of thiophene rings is 1. The number of hydrogen-bond donors (Lipinski definition) is 3. The number of carbonyl (C=O) groups excluding carboxylic acids is 5. The van der Waals surface area contributed by atoms with E-state index in [1.165, 1.54) is 23.1 Å². The third-order valence-electron chi connectivity index (χ3n) is 8.30. The minimum absolute atomic E-state index is 0.0817. The molecule has 1 aliphatic carbocycles. The molecule has 1 unspecified atom stereocenters. The lowest BCUT2D eigenvalue weighted by molar-refractivity contribution is -0.116. The lowest BCUT2D eigenvalue weighted by Crippen LogP contribution is -2.30. The van der Waals surface area contributed by atoms with E-state index in [-0.39, 0.29) is 40.0 Å². The Morgan fingerprint density at radius 3 is 2.00 bits per heavy atom. The summed E-state index contributed by atoms with van der Waals surface area (Å²) in [6.45, 7) is 0. The van der Waals surface area contributed by atoms with Gasteiger partial charge in [-0.2, -0.15) is 11.3 Å². The predicted octanol–water partition coefficient (Wildman–Crippen LogP) is 8.41. The fourth-order valence-electron chi connectivity index (χ4n) is 5.77. The zero-order valence-corrected chi connectivity index (χ0v) is 29.0. The van der Waals surface area contributed by atoms with Crippen LogP contribution in [-0.2, 0) is 9.59 Å². The van der Waals surface area contributed by atoms with E-state index in [1.54, 1.807) is 97.1 Å². The van der Waals surface area contributed by atoms with Crippen LogP contribution in [0.25, 0.3) is 6.08 Å². The summed E-state index contributed by atoms with van der Waals surface area (Å²) in [5, 5.41) is 11.6. The van der Waals surface area contributed by atoms with Gasteiger partial charge in [0.05, 0.1) is 11.3 Å². The van der Waals surface area contributed by atoms with Gasteiger partial charge in [0.15, 0.2) is 11.6 Å². The largest absolute Gasteiger partial charge is 0.324 e. The van der Waals surface area contributed by atoms with Crippen molar-refractivity contribution in [2.24, 2.45) is 0 Å². The Hall–Kier alpha value is -6.36. The minimum Gasteiger partial charge on any atom is -0.324 e. The molecule has 0 saturated carbocycles. The lowest BCUT2D eigenvalue weighted by atomic mass is 9.83. The number of ketones is 2. The molecule has 0 spiro atoms. The quantitative estimate of drug-likeness (QED) is 0.0965. The number of thioether (sulfide) groups is 1. The van der Waals surface area contributed by atoms with E-state index in [2.05, 4.69) is 16.0 Å². The Kier molecular flexibility index (Phi) is 10.0. The van der Waals surface area contributed by atoms with Crippen molar-refractivity contribution in [2.75, 3.05) is 10.6 Å². The maximum Gasteiger partial charge on any atom is 0.272 e. The first-order valence-corrected chi connectivity index (χ1v) is 18.0. The van der Waals surface area contributed by atoms with Crippen LogP contribution in [0.15, 0.2) is 155 Å². The van der Waals surface area contributed by atoms with Crippen LogP contribution in [0.3, 0.4) is 0 Å². The van der Waals surface area contributed by atoms with Crippen LogP contribution in [0.4, 0.5) is 11.4 Å². The average molecular weight is 720 g/mol. The van der Waals surface area contributed by atoms with Gasteiger partial charge in [0.2, 0.25) is 5.91 Å².